The molecule has 0 saturated heterocycles. The van der Waals surface area contributed by atoms with Crippen molar-refractivity contribution in [2.75, 3.05) is 14.2 Å². The van der Waals surface area contributed by atoms with Crippen molar-refractivity contribution in [2.45, 2.75) is 5.92 Å². The molecule has 1 atom stereocenters. The monoisotopic (exact) mass is 486 g/mol. The van der Waals surface area contributed by atoms with Crippen molar-refractivity contribution in [3.63, 3.8) is 0 Å². The highest BCUT2D eigenvalue weighted by molar-refractivity contribution is 5.89. The van der Waals surface area contributed by atoms with E-state index in [2.05, 4.69) is 0 Å². The summed E-state index contributed by atoms with van der Waals surface area (Å²) in [5.74, 6) is -1.53. The number of nitrogens with two attached hydrogens (primary N) is 1. The molecule has 0 fully saturated rings. The zero-order valence-electron chi connectivity index (χ0n) is 19.1. The number of ether oxygens (including phenoxy) is 4. The van der Waals surface area contributed by atoms with Crippen LogP contribution in [0.25, 0.3) is 11.0 Å². The Labute approximate surface area is 203 Å². The van der Waals surface area contributed by atoms with Crippen LogP contribution in [0.4, 0.5) is 0 Å². The SMILES string of the molecule is COc1cc([C@H]2C(C#N)=C(N)Oc3c2c(=O)oc2ccccc32)cc(OC)c1OC(=O)c1ccco1. The molecule has 0 radical (unpaired) electrons. The number of nitriles is 1. The summed E-state index contributed by atoms with van der Waals surface area (Å²) in [4.78, 5) is 25.6. The van der Waals surface area contributed by atoms with E-state index in [9.17, 15) is 14.9 Å². The number of rotatable bonds is 5. The number of esters is 1. The lowest BCUT2D eigenvalue weighted by atomic mass is 9.83. The molecular weight excluding hydrogens is 468 g/mol. The van der Waals surface area contributed by atoms with E-state index in [0.29, 0.717) is 16.5 Å². The van der Waals surface area contributed by atoms with Crippen molar-refractivity contribution in [1.29, 1.82) is 5.26 Å². The quantitative estimate of drug-likeness (QED) is 0.251. The highest BCUT2D eigenvalue weighted by atomic mass is 16.6. The minimum atomic E-state index is -0.975. The van der Waals surface area contributed by atoms with Crippen LogP contribution in [-0.4, -0.2) is 20.2 Å². The maximum Gasteiger partial charge on any atom is 0.379 e. The number of benzene rings is 2. The van der Waals surface area contributed by atoms with Crippen LogP contribution >= 0.6 is 0 Å². The number of allylic oxidation sites excluding steroid dienone is 1. The summed E-state index contributed by atoms with van der Waals surface area (Å²) in [6, 6.07) is 14.9. The molecule has 3 heterocycles. The largest absolute Gasteiger partial charge is 0.493 e. The Hall–Kier alpha value is -5.17. The van der Waals surface area contributed by atoms with E-state index < -0.39 is 17.5 Å². The van der Waals surface area contributed by atoms with E-state index in [1.807, 2.05) is 6.07 Å². The van der Waals surface area contributed by atoms with Crippen molar-refractivity contribution >= 4 is 16.9 Å². The number of hydrogen-bond acceptors (Lipinski definition) is 10. The number of hydrogen-bond donors (Lipinski definition) is 1. The van der Waals surface area contributed by atoms with Gasteiger partial charge in [0.15, 0.2) is 17.2 Å². The molecule has 0 amide bonds. The van der Waals surface area contributed by atoms with E-state index >= 15 is 0 Å². The fourth-order valence-corrected chi connectivity index (χ4v) is 4.10. The van der Waals surface area contributed by atoms with Gasteiger partial charge >= 0.3 is 11.6 Å². The number of carbonyl (C=O) groups is 1. The summed E-state index contributed by atoms with van der Waals surface area (Å²) in [6.45, 7) is 0. The lowest BCUT2D eigenvalue weighted by molar-refractivity contribution is 0.0691. The average molecular weight is 486 g/mol. The summed E-state index contributed by atoms with van der Waals surface area (Å²) in [5, 5.41) is 10.4. The topological polar surface area (TPSA) is 147 Å². The van der Waals surface area contributed by atoms with Crippen LogP contribution in [0.3, 0.4) is 0 Å². The molecule has 2 N–H and O–H groups in total. The summed E-state index contributed by atoms with van der Waals surface area (Å²) in [7, 11) is 2.75. The van der Waals surface area contributed by atoms with Crippen molar-refractivity contribution in [3.8, 4) is 29.1 Å². The summed E-state index contributed by atoms with van der Waals surface area (Å²) < 4.78 is 32.8. The Morgan fingerprint density at radius 1 is 1.08 bits per heavy atom. The van der Waals surface area contributed by atoms with Crippen LogP contribution < -0.4 is 30.3 Å². The first-order valence-corrected chi connectivity index (χ1v) is 10.6. The molecule has 0 aliphatic carbocycles. The van der Waals surface area contributed by atoms with Crippen LogP contribution in [0, 0.1) is 11.3 Å². The maximum absolute atomic E-state index is 13.1. The summed E-state index contributed by atoms with van der Waals surface area (Å²) in [5.41, 5.74) is 6.22. The first kappa shape index (κ1) is 22.6. The van der Waals surface area contributed by atoms with E-state index in [0.717, 1.165) is 0 Å². The summed E-state index contributed by atoms with van der Waals surface area (Å²) in [6.07, 6.45) is 1.34. The molecule has 5 rings (SSSR count). The fourth-order valence-electron chi connectivity index (χ4n) is 4.10. The third-order valence-corrected chi connectivity index (χ3v) is 5.71. The van der Waals surface area contributed by atoms with E-state index in [1.54, 1.807) is 30.3 Å². The van der Waals surface area contributed by atoms with Gasteiger partial charge < -0.3 is 33.5 Å². The molecule has 36 heavy (non-hydrogen) atoms. The molecule has 10 nitrogen and oxygen atoms in total. The van der Waals surface area contributed by atoms with Gasteiger partial charge in [-0.2, -0.15) is 5.26 Å². The predicted molar refractivity (Wildman–Crippen MR) is 125 cm³/mol. The number of nitrogens with zero attached hydrogens (tertiary/aromatic N) is 1. The first-order valence-electron chi connectivity index (χ1n) is 10.6. The van der Waals surface area contributed by atoms with Gasteiger partial charge in [0, 0.05) is 0 Å². The number of methoxy groups -OCH3 is 2. The molecule has 4 aromatic rings. The minimum Gasteiger partial charge on any atom is -0.493 e. The molecule has 2 aromatic carbocycles. The van der Waals surface area contributed by atoms with Gasteiger partial charge in [0.1, 0.15) is 17.2 Å². The van der Waals surface area contributed by atoms with E-state index in [4.69, 9.17) is 33.5 Å². The zero-order chi connectivity index (χ0) is 25.4. The molecule has 10 heteroatoms. The van der Waals surface area contributed by atoms with E-state index in [-0.39, 0.29) is 45.8 Å². The van der Waals surface area contributed by atoms with Crippen molar-refractivity contribution in [3.05, 3.63) is 93.6 Å². The lowest BCUT2D eigenvalue weighted by Crippen LogP contribution is -2.26. The summed E-state index contributed by atoms with van der Waals surface area (Å²) >= 11 is 0. The third-order valence-electron chi connectivity index (χ3n) is 5.71. The van der Waals surface area contributed by atoms with Gasteiger partial charge in [-0.05, 0) is 42.0 Å². The second-order valence-electron chi connectivity index (χ2n) is 7.67. The lowest BCUT2D eigenvalue weighted by Gasteiger charge is -2.26. The van der Waals surface area contributed by atoms with Gasteiger partial charge in [0.25, 0.3) is 0 Å². The van der Waals surface area contributed by atoms with Gasteiger partial charge in [0.05, 0.1) is 37.4 Å². The highest BCUT2D eigenvalue weighted by Gasteiger charge is 2.37. The number of furan rings is 1. The van der Waals surface area contributed by atoms with E-state index in [1.165, 1.54) is 38.7 Å². The van der Waals surface area contributed by atoms with Crippen molar-refractivity contribution < 1.29 is 32.6 Å². The van der Waals surface area contributed by atoms with Crippen LogP contribution in [0.15, 0.2) is 79.9 Å². The Morgan fingerprint density at radius 2 is 1.81 bits per heavy atom. The molecule has 1 aliphatic rings. The standard InChI is InChI=1S/C26H18N2O8/c1-31-18-10-13(11-19(32-2)23(18)36-25(29)17-8-5-9-33-17)20-15(12-27)24(28)35-22-14-6-3-4-7-16(14)34-26(30)21(20)22/h3-11,20H,28H2,1-2H3/t20-/m0/s1. The smallest absolute Gasteiger partial charge is 0.379 e. The van der Waals surface area contributed by atoms with Crippen LogP contribution in [0.1, 0.15) is 27.6 Å². The van der Waals surface area contributed by atoms with Gasteiger partial charge in [-0.25, -0.2) is 9.59 Å². The van der Waals surface area contributed by atoms with Gasteiger partial charge in [-0.3, -0.25) is 0 Å². The normalized spacial score (nSPS) is 14.5. The average Bonchev–Trinajstić information content (AvgIpc) is 3.43. The number of para-hydroxylation sites is 1. The number of fused-ring (bicyclic) bond motifs is 3. The van der Waals surface area contributed by atoms with Crippen LogP contribution in [0.5, 0.6) is 23.0 Å². The second-order valence-corrected chi connectivity index (χ2v) is 7.67. The molecule has 2 aromatic heterocycles. The molecule has 180 valence electrons. The second kappa shape index (κ2) is 8.88. The Morgan fingerprint density at radius 3 is 2.44 bits per heavy atom. The van der Waals surface area contributed by atoms with Crippen molar-refractivity contribution in [2.24, 2.45) is 5.73 Å². The van der Waals surface area contributed by atoms with Crippen LogP contribution in [0.2, 0.25) is 0 Å². The van der Waals surface area contributed by atoms with Gasteiger partial charge in [-0.15, -0.1) is 0 Å². The zero-order valence-corrected chi connectivity index (χ0v) is 19.1. The predicted octanol–water partition coefficient (Wildman–Crippen LogP) is 3.84. The Bertz CT molecular complexity index is 1600. The molecule has 0 unspecified atom stereocenters. The first-order chi connectivity index (χ1) is 17.5. The number of carbonyl (C=O) groups excluding carboxylic acids is 1. The van der Waals surface area contributed by atoms with Gasteiger partial charge in [0.2, 0.25) is 17.4 Å². The minimum absolute atomic E-state index is 0.00508. The Balaban J connectivity index is 1.71. The van der Waals surface area contributed by atoms with Crippen molar-refractivity contribution in [1.82, 2.24) is 0 Å². The molecular formula is C26H18N2O8. The Kier molecular flexibility index (Phi) is 5.58. The highest BCUT2D eigenvalue weighted by Crippen LogP contribution is 2.47. The molecule has 0 spiro atoms. The molecule has 1 aliphatic heterocycles. The molecule has 0 bridgehead atoms. The molecule has 0 saturated carbocycles. The fraction of sp³-hybridized carbons (Fsp3) is 0.115. The third kappa shape index (κ3) is 3.59. The van der Waals surface area contributed by atoms with Crippen LogP contribution in [-0.2, 0) is 0 Å². The van der Waals surface area contributed by atoms with Gasteiger partial charge in [-0.1, -0.05) is 12.1 Å². The maximum atomic E-state index is 13.1.